The number of aryl methyl sites for hydroxylation is 1. The van der Waals surface area contributed by atoms with Gasteiger partial charge in [-0.05, 0) is 48.9 Å². The van der Waals surface area contributed by atoms with Crippen LogP contribution in [-0.4, -0.2) is 13.2 Å². The number of nitrogens with one attached hydrogen (secondary N) is 1. The highest BCUT2D eigenvalue weighted by Gasteiger charge is 2.25. The second-order valence-corrected chi connectivity index (χ2v) is 6.01. The predicted octanol–water partition coefficient (Wildman–Crippen LogP) is 3.99. The molecule has 3 rings (SSSR count). The van der Waals surface area contributed by atoms with Crippen LogP contribution in [0.3, 0.4) is 0 Å². The van der Waals surface area contributed by atoms with Crippen molar-refractivity contribution in [3.63, 3.8) is 0 Å². The first-order chi connectivity index (χ1) is 9.36. The van der Waals surface area contributed by atoms with Gasteiger partial charge in [0.1, 0.15) is 5.75 Å². The Morgan fingerprint density at radius 2 is 1.84 bits per heavy atom. The lowest BCUT2D eigenvalue weighted by Crippen LogP contribution is -2.31. The molecule has 1 atom stereocenters. The standard InChI is InChI=1S/C17H25NO/c1-19-15-10-8-13-9-11-17(16(13)12-15)18-14-6-4-2-3-5-7-14/h8,10,12,14,17-18H,2-7,9,11H2,1H3. The molecule has 1 unspecified atom stereocenters. The first-order valence-corrected chi connectivity index (χ1v) is 7.79. The number of hydrogen-bond donors (Lipinski definition) is 1. The Morgan fingerprint density at radius 1 is 1.05 bits per heavy atom. The number of fused-ring (bicyclic) bond motifs is 1. The maximum atomic E-state index is 5.37. The first kappa shape index (κ1) is 13.0. The van der Waals surface area contributed by atoms with Crippen LogP contribution in [0.4, 0.5) is 0 Å². The summed E-state index contributed by atoms with van der Waals surface area (Å²) in [5.74, 6) is 0.994. The summed E-state index contributed by atoms with van der Waals surface area (Å²) in [7, 11) is 1.75. The van der Waals surface area contributed by atoms with Crippen molar-refractivity contribution in [1.29, 1.82) is 0 Å². The maximum Gasteiger partial charge on any atom is 0.119 e. The lowest BCUT2D eigenvalue weighted by atomic mass is 10.0. The molecular formula is C17H25NO. The Morgan fingerprint density at radius 3 is 2.58 bits per heavy atom. The summed E-state index contributed by atoms with van der Waals surface area (Å²) >= 11 is 0. The summed E-state index contributed by atoms with van der Waals surface area (Å²) in [6.07, 6.45) is 10.8. The van der Waals surface area contributed by atoms with Gasteiger partial charge in [-0.15, -0.1) is 0 Å². The van der Waals surface area contributed by atoms with Gasteiger partial charge < -0.3 is 10.1 Å². The fourth-order valence-corrected chi connectivity index (χ4v) is 3.61. The Kier molecular flexibility index (Phi) is 4.07. The van der Waals surface area contributed by atoms with Crippen LogP contribution in [0.2, 0.25) is 0 Å². The van der Waals surface area contributed by atoms with Crippen LogP contribution in [-0.2, 0) is 6.42 Å². The molecule has 0 bridgehead atoms. The van der Waals surface area contributed by atoms with E-state index in [0.717, 1.165) is 11.8 Å². The highest BCUT2D eigenvalue weighted by molar-refractivity contribution is 5.40. The lowest BCUT2D eigenvalue weighted by Gasteiger charge is -2.22. The SMILES string of the molecule is COc1ccc2c(c1)C(NC1CCCCCC1)CC2. The minimum atomic E-state index is 0.549. The van der Waals surface area contributed by atoms with Crippen molar-refractivity contribution in [2.24, 2.45) is 0 Å². The summed E-state index contributed by atoms with van der Waals surface area (Å²) in [5, 5.41) is 3.91. The third-order valence-electron chi connectivity index (χ3n) is 4.72. The molecule has 0 amide bonds. The Labute approximate surface area is 116 Å². The fraction of sp³-hybridized carbons (Fsp3) is 0.647. The summed E-state index contributed by atoms with van der Waals surface area (Å²) in [5.41, 5.74) is 2.98. The molecule has 2 nitrogen and oxygen atoms in total. The molecule has 0 radical (unpaired) electrons. The van der Waals surface area contributed by atoms with E-state index in [9.17, 15) is 0 Å². The highest BCUT2D eigenvalue weighted by atomic mass is 16.5. The molecule has 0 heterocycles. The van der Waals surface area contributed by atoms with Crippen molar-refractivity contribution >= 4 is 0 Å². The van der Waals surface area contributed by atoms with E-state index < -0.39 is 0 Å². The van der Waals surface area contributed by atoms with Crippen LogP contribution < -0.4 is 10.1 Å². The number of benzene rings is 1. The number of ether oxygens (including phenoxy) is 1. The third-order valence-corrected chi connectivity index (χ3v) is 4.72. The van der Waals surface area contributed by atoms with Crippen molar-refractivity contribution in [3.05, 3.63) is 29.3 Å². The van der Waals surface area contributed by atoms with Crippen LogP contribution in [0.25, 0.3) is 0 Å². The van der Waals surface area contributed by atoms with Gasteiger partial charge in [-0.25, -0.2) is 0 Å². The number of rotatable bonds is 3. The lowest BCUT2D eigenvalue weighted by molar-refractivity contribution is 0.393. The van der Waals surface area contributed by atoms with Crippen LogP contribution in [0.1, 0.15) is 62.1 Å². The summed E-state index contributed by atoms with van der Waals surface area (Å²) < 4.78 is 5.37. The molecule has 19 heavy (non-hydrogen) atoms. The van der Waals surface area contributed by atoms with E-state index in [0.29, 0.717) is 6.04 Å². The van der Waals surface area contributed by atoms with E-state index in [4.69, 9.17) is 4.74 Å². The largest absolute Gasteiger partial charge is 0.497 e. The molecule has 0 aliphatic heterocycles. The van der Waals surface area contributed by atoms with Gasteiger partial charge in [0, 0.05) is 12.1 Å². The van der Waals surface area contributed by atoms with E-state index in [1.807, 2.05) is 0 Å². The van der Waals surface area contributed by atoms with Gasteiger partial charge in [-0.2, -0.15) is 0 Å². The van der Waals surface area contributed by atoms with Gasteiger partial charge in [-0.1, -0.05) is 31.7 Å². The van der Waals surface area contributed by atoms with Gasteiger partial charge in [0.15, 0.2) is 0 Å². The van der Waals surface area contributed by atoms with Crippen LogP contribution in [0, 0.1) is 0 Å². The summed E-state index contributed by atoms with van der Waals surface area (Å²) in [4.78, 5) is 0. The summed E-state index contributed by atoms with van der Waals surface area (Å²) in [6.45, 7) is 0. The molecule has 1 aromatic rings. The molecule has 2 aliphatic rings. The van der Waals surface area contributed by atoms with E-state index in [1.165, 1.54) is 62.5 Å². The monoisotopic (exact) mass is 259 g/mol. The molecule has 2 aliphatic carbocycles. The van der Waals surface area contributed by atoms with Crippen molar-refractivity contribution in [2.45, 2.75) is 63.5 Å². The van der Waals surface area contributed by atoms with E-state index >= 15 is 0 Å². The van der Waals surface area contributed by atoms with Crippen LogP contribution in [0.15, 0.2) is 18.2 Å². The molecule has 1 saturated carbocycles. The molecular weight excluding hydrogens is 234 g/mol. The van der Waals surface area contributed by atoms with Gasteiger partial charge in [0.05, 0.1) is 7.11 Å². The molecule has 104 valence electrons. The fourth-order valence-electron chi connectivity index (χ4n) is 3.61. The predicted molar refractivity (Wildman–Crippen MR) is 78.7 cm³/mol. The number of methoxy groups -OCH3 is 1. The average molecular weight is 259 g/mol. The maximum absolute atomic E-state index is 5.37. The van der Waals surface area contributed by atoms with E-state index in [2.05, 4.69) is 23.5 Å². The molecule has 0 aromatic heterocycles. The van der Waals surface area contributed by atoms with E-state index in [-0.39, 0.29) is 0 Å². The third kappa shape index (κ3) is 2.94. The van der Waals surface area contributed by atoms with Crippen molar-refractivity contribution < 1.29 is 4.74 Å². The quantitative estimate of drug-likeness (QED) is 0.829. The summed E-state index contributed by atoms with van der Waals surface area (Å²) in [6, 6.07) is 7.84. The Hall–Kier alpha value is -1.02. The second kappa shape index (κ2) is 5.96. The van der Waals surface area contributed by atoms with Gasteiger partial charge in [0.2, 0.25) is 0 Å². The molecule has 1 aromatic carbocycles. The first-order valence-electron chi connectivity index (χ1n) is 7.79. The Balaban J connectivity index is 1.70. The van der Waals surface area contributed by atoms with E-state index in [1.54, 1.807) is 7.11 Å². The molecule has 1 fully saturated rings. The van der Waals surface area contributed by atoms with Crippen LogP contribution >= 0.6 is 0 Å². The van der Waals surface area contributed by atoms with Gasteiger partial charge >= 0.3 is 0 Å². The molecule has 0 spiro atoms. The molecule has 1 N–H and O–H groups in total. The van der Waals surface area contributed by atoms with Crippen LogP contribution in [0.5, 0.6) is 5.75 Å². The molecule has 2 heteroatoms. The zero-order valence-electron chi connectivity index (χ0n) is 12.0. The average Bonchev–Trinajstić information content (AvgIpc) is 2.66. The Bertz CT molecular complexity index is 421. The van der Waals surface area contributed by atoms with Crippen molar-refractivity contribution in [2.75, 3.05) is 7.11 Å². The zero-order valence-corrected chi connectivity index (χ0v) is 12.0. The zero-order chi connectivity index (χ0) is 13.1. The minimum Gasteiger partial charge on any atom is -0.497 e. The van der Waals surface area contributed by atoms with Crippen molar-refractivity contribution in [1.82, 2.24) is 5.32 Å². The van der Waals surface area contributed by atoms with Gasteiger partial charge in [0.25, 0.3) is 0 Å². The normalized spacial score (nSPS) is 23.9. The highest BCUT2D eigenvalue weighted by Crippen LogP contribution is 2.35. The van der Waals surface area contributed by atoms with Gasteiger partial charge in [-0.3, -0.25) is 0 Å². The second-order valence-electron chi connectivity index (χ2n) is 6.01. The smallest absolute Gasteiger partial charge is 0.119 e. The molecule has 0 saturated heterocycles. The minimum absolute atomic E-state index is 0.549. The van der Waals surface area contributed by atoms with Crippen molar-refractivity contribution in [3.8, 4) is 5.75 Å². The number of hydrogen-bond acceptors (Lipinski definition) is 2. The topological polar surface area (TPSA) is 21.3 Å².